The second kappa shape index (κ2) is 7.14. The summed E-state index contributed by atoms with van der Waals surface area (Å²) in [4.78, 5) is 24.0. The number of anilines is 1. The van der Waals surface area contributed by atoms with Gasteiger partial charge < -0.3 is 14.4 Å². The van der Waals surface area contributed by atoms with Crippen molar-refractivity contribution in [3.63, 3.8) is 0 Å². The zero-order valence-corrected chi connectivity index (χ0v) is 12.2. The third-order valence-corrected chi connectivity index (χ3v) is 3.05. The van der Waals surface area contributed by atoms with Gasteiger partial charge >= 0.3 is 0 Å². The van der Waals surface area contributed by atoms with Gasteiger partial charge in [-0.25, -0.2) is 0 Å². The number of ether oxygens (including phenoxy) is 1. The van der Waals surface area contributed by atoms with Gasteiger partial charge in [0.25, 0.3) is 0 Å². The minimum Gasteiger partial charge on any atom is -0.494 e. The maximum atomic E-state index is 11.9. The number of rotatable bonds is 6. The van der Waals surface area contributed by atoms with Crippen LogP contribution in [0.15, 0.2) is 12.1 Å². The lowest BCUT2D eigenvalue weighted by molar-refractivity contribution is -0.117. The largest absolute Gasteiger partial charge is 0.494 e. The molecule has 0 saturated carbocycles. The zero-order valence-electron chi connectivity index (χ0n) is 11.4. The van der Waals surface area contributed by atoms with E-state index in [1.54, 1.807) is 0 Å². The Kier molecular flexibility index (Phi) is 5.83. The summed E-state index contributed by atoms with van der Waals surface area (Å²) in [5, 5.41) is 0. The Bertz CT molecular complexity index is 474. The van der Waals surface area contributed by atoms with Crippen molar-refractivity contribution in [3.8, 4) is 5.75 Å². The maximum Gasteiger partial charge on any atom is 0.242 e. The molecular weight excluding hydrogens is 266 g/mol. The highest BCUT2D eigenvalue weighted by atomic mass is 35.5. The Balaban J connectivity index is 3.31. The average Bonchev–Trinajstić information content (AvgIpc) is 2.40. The summed E-state index contributed by atoms with van der Waals surface area (Å²) < 4.78 is 5.51. The van der Waals surface area contributed by atoms with Crippen LogP contribution in [0.1, 0.15) is 18.1 Å². The van der Waals surface area contributed by atoms with Gasteiger partial charge in [-0.3, -0.25) is 4.79 Å². The second-order valence-electron chi connectivity index (χ2n) is 4.09. The molecule has 1 rings (SSSR count). The van der Waals surface area contributed by atoms with Gasteiger partial charge in [0, 0.05) is 5.56 Å². The van der Waals surface area contributed by atoms with Crippen LogP contribution in [0.25, 0.3) is 0 Å². The highest BCUT2D eigenvalue weighted by molar-refractivity contribution is 6.29. The Morgan fingerprint density at radius 2 is 2.11 bits per heavy atom. The molecule has 0 saturated heterocycles. The number of benzene rings is 1. The van der Waals surface area contributed by atoms with Crippen LogP contribution in [-0.4, -0.2) is 31.2 Å². The molecule has 0 aliphatic rings. The first-order chi connectivity index (χ1) is 9.06. The molecule has 1 aromatic carbocycles. The fraction of sp³-hybridized carbons (Fsp3) is 0.429. The first kappa shape index (κ1) is 15.5. The molecule has 0 aromatic heterocycles. The van der Waals surface area contributed by atoms with Gasteiger partial charge in [0.15, 0.2) is 0 Å². The van der Waals surface area contributed by atoms with E-state index in [1.165, 1.54) is 4.90 Å². The average molecular weight is 284 g/mol. The van der Waals surface area contributed by atoms with Gasteiger partial charge in [-0.15, -0.1) is 11.6 Å². The molecule has 0 atom stereocenters. The fourth-order valence-electron chi connectivity index (χ4n) is 2.01. The molecule has 0 bridgehead atoms. The Hall–Kier alpha value is -1.55. The highest BCUT2D eigenvalue weighted by Crippen LogP contribution is 2.32. The van der Waals surface area contributed by atoms with E-state index in [9.17, 15) is 9.59 Å². The van der Waals surface area contributed by atoms with Gasteiger partial charge in [0.2, 0.25) is 5.91 Å². The molecule has 4 nitrogen and oxygen atoms in total. The summed E-state index contributed by atoms with van der Waals surface area (Å²) >= 11 is 5.60. The van der Waals surface area contributed by atoms with E-state index in [1.807, 2.05) is 32.9 Å². The first-order valence-electron chi connectivity index (χ1n) is 6.09. The summed E-state index contributed by atoms with van der Waals surface area (Å²) in [5.74, 6) is 0.251. The zero-order chi connectivity index (χ0) is 14.4. The number of hydrogen-bond donors (Lipinski definition) is 0. The van der Waals surface area contributed by atoms with Crippen molar-refractivity contribution in [1.29, 1.82) is 0 Å². The Morgan fingerprint density at radius 1 is 1.42 bits per heavy atom. The van der Waals surface area contributed by atoms with E-state index in [4.69, 9.17) is 16.3 Å². The van der Waals surface area contributed by atoms with E-state index < -0.39 is 0 Å². The van der Waals surface area contributed by atoms with Crippen molar-refractivity contribution in [1.82, 2.24) is 0 Å². The molecule has 0 unspecified atom stereocenters. The molecule has 104 valence electrons. The van der Waals surface area contributed by atoms with Crippen molar-refractivity contribution in [2.24, 2.45) is 0 Å². The lowest BCUT2D eigenvalue weighted by Gasteiger charge is -2.25. The molecule has 5 heteroatoms. The van der Waals surface area contributed by atoms with Crippen molar-refractivity contribution in [3.05, 3.63) is 23.3 Å². The number of aldehydes is 1. The minimum atomic E-state index is -0.298. The molecule has 1 aromatic rings. The number of nitrogens with zero attached hydrogens (tertiary/aromatic N) is 1. The monoisotopic (exact) mass is 283 g/mol. The molecule has 0 fully saturated rings. The molecule has 0 spiro atoms. The molecule has 0 aliphatic carbocycles. The summed E-state index contributed by atoms with van der Waals surface area (Å²) in [5.41, 5.74) is 2.44. The SMILES string of the molecule is CCOc1ccc(C)c(N(CC=O)C(=O)CCl)c1C. The minimum absolute atomic E-state index is 0.0111. The van der Waals surface area contributed by atoms with Gasteiger partial charge in [-0.05, 0) is 32.4 Å². The number of aryl methyl sites for hydroxylation is 1. The number of carbonyl (C=O) groups excluding carboxylic acids is 2. The van der Waals surface area contributed by atoms with E-state index in [-0.39, 0.29) is 18.3 Å². The van der Waals surface area contributed by atoms with Gasteiger partial charge in [0.1, 0.15) is 17.9 Å². The molecular formula is C14H18ClNO3. The van der Waals surface area contributed by atoms with Crippen LogP contribution in [-0.2, 0) is 9.59 Å². The van der Waals surface area contributed by atoms with Crippen LogP contribution >= 0.6 is 11.6 Å². The van der Waals surface area contributed by atoms with E-state index in [0.29, 0.717) is 24.3 Å². The number of hydrogen-bond acceptors (Lipinski definition) is 3. The fourth-order valence-corrected chi connectivity index (χ4v) is 2.15. The van der Waals surface area contributed by atoms with Crippen LogP contribution in [0.5, 0.6) is 5.75 Å². The van der Waals surface area contributed by atoms with Crippen LogP contribution < -0.4 is 9.64 Å². The predicted molar refractivity (Wildman–Crippen MR) is 76.2 cm³/mol. The lowest BCUT2D eigenvalue weighted by Crippen LogP contribution is -2.34. The molecule has 0 radical (unpaired) electrons. The first-order valence-corrected chi connectivity index (χ1v) is 6.63. The number of halogens is 1. The molecule has 0 heterocycles. The van der Waals surface area contributed by atoms with Gasteiger partial charge in [-0.2, -0.15) is 0 Å². The summed E-state index contributed by atoms with van der Waals surface area (Å²) in [6, 6.07) is 3.73. The van der Waals surface area contributed by atoms with E-state index >= 15 is 0 Å². The Labute approximate surface area is 118 Å². The quantitative estimate of drug-likeness (QED) is 0.595. The summed E-state index contributed by atoms with van der Waals surface area (Å²) in [7, 11) is 0. The van der Waals surface area contributed by atoms with E-state index in [0.717, 1.165) is 11.1 Å². The smallest absolute Gasteiger partial charge is 0.242 e. The topological polar surface area (TPSA) is 46.6 Å². The highest BCUT2D eigenvalue weighted by Gasteiger charge is 2.20. The summed E-state index contributed by atoms with van der Waals surface area (Å²) in [6.45, 7) is 6.18. The standard InChI is InChI=1S/C14H18ClNO3/c1-4-19-12-6-5-10(2)14(11(12)3)16(7-8-17)13(18)9-15/h5-6,8H,4,7,9H2,1-3H3. The van der Waals surface area contributed by atoms with Crippen molar-refractivity contribution < 1.29 is 14.3 Å². The number of carbonyl (C=O) groups is 2. The van der Waals surface area contributed by atoms with Crippen molar-refractivity contribution in [2.45, 2.75) is 20.8 Å². The molecule has 0 aliphatic heterocycles. The molecule has 1 amide bonds. The third kappa shape index (κ3) is 3.47. The number of alkyl halides is 1. The van der Waals surface area contributed by atoms with E-state index in [2.05, 4.69) is 0 Å². The number of amides is 1. The molecule has 19 heavy (non-hydrogen) atoms. The van der Waals surface area contributed by atoms with Crippen LogP contribution in [0.2, 0.25) is 0 Å². The second-order valence-corrected chi connectivity index (χ2v) is 4.36. The lowest BCUT2D eigenvalue weighted by atomic mass is 10.1. The van der Waals surface area contributed by atoms with Crippen molar-refractivity contribution in [2.75, 3.05) is 23.9 Å². The van der Waals surface area contributed by atoms with Crippen molar-refractivity contribution >= 4 is 29.5 Å². The van der Waals surface area contributed by atoms with Gasteiger partial charge in [-0.1, -0.05) is 6.07 Å². The maximum absolute atomic E-state index is 11.9. The third-order valence-electron chi connectivity index (χ3n) is 2.83. The molecule has 0 N–H and O–H groups in total. The predicted octanol–water partition coefficient (Wildman–Crippen LogP) is 2.47. The Morgan fingerprint density at radius 3 is 2.63 bits per heavy atom. The van der Waals surface area contributed by atoms with Crippen LogP contribution in [0.3, 0.4) is 0 Å². The van der Waals surface area contributed by atoms with Gasteiger partial charge in [0.05, 0.1) is 18.8 Å². The summed E-state index contributed by atoms with van der Waals surface area (Å²) in [6.07, 6.45) is 0.691. The van der Waals surface area contributed by atoms with Crippen LogP contribution in [0, 0.1) is 13.8 Å². The normalized spacial score (nSPS) is 10.1. The van der Waals surface area contributed by atoms with Crippen LogP contribution in [0.4, 0.5) is 5.69 Å².